The quantitative estimate of drug-likeness (QED) is 0.845. The Kier molecular flexibility index (Phi) is 5.07. The largest absolute Gasteiger partial charge is 0.461 e. The second-order valence-corrected chi connectivity index (χ2v) is 7.22. The summed E-state index contributed by atoms with van der Waals surface area (Å²) in [4.78, 5) is 16.4. The van der Waals surface area contributed by atoms with Gasteiger partial charge in [-0.3, -0.25) is 0 Å². The minimum absolute atomic E-state index is 0.148. The van der Waals surface area contributed by atoms with E-state index in [4.69, 9.17) is 10.5 Å². The van der Waals surface area contributed by atoms with Crippen LogP contribution < -0.4 is 5.73 Å². The lowest BCUT2D eigenvalue weighted by molar-refractivity contribution is 0.0521. The van der Waals surface area contributed by atoms with Crippen molar-refractivity contribution >= 4 is 11.8 Å². The molecule has 1 rings (SSSR count). The lowest BCUT2D eigenvalue weighted by atomic mass is 9.81. The molecule has 0 radical (unpaired) electrons. The van der Waals surface area contributed by atoms with Crippen molar-refractivity contribution in [2.24, 2.45) is 5.41 Å². The van der Waals surface area contributed by atoms with Gasteiger partial charge in [0.05, 0.1) is 6.61 Å². The Morgan fingerprint density at radius 2 is 1.81 bits per heavy atom. The first-order chi connectivity index (χ1) is 9.53. The van der Waals surface area contributed by atoms with Gasteiger partial charge in [-0.2, -0.15) is 0 Å². The summed E-state index contributed by atoms with van der Waals surface area (Å²) in [5.74, 6) is 0.777. The lowest BCUT2D eigenvalue weighted by Gasteiger charge is -2.35. The molecule has 0 atom stereocenters. The molecule has 2 N–H and O–H groups in total. The summed E-state index contributed by atoms with van der Waals surface area (Å²) >= 11 is 0. The van der Waals surface area contributed by atoms with Gasteiger partial charge < -0.3 is 15.0 Å². The van der Waals surface area contributed by atoms with Crippen LogP contribution in [0.5, 0.6) is 0 Å². The first-order valence-corrected chi connectivity index (χ1v) is 7.58. The lowest BCUT2D eigenvalue weighted by Crippen LogP contribution is -2.33. The van der Waals surface area contributed by atoms with Crippen molar-refractivity contribution in [3.05, 3.63) is 11.5 Å². The maximum Gasteiger partial charge on any atom is 0.360 e. The molecule has 5 heteroatoms. The summed E-state index contributed by atoms with van der Waals surface area (Å²) in [6.07, 6.45) is 1.65. The van der Waals surface area contributed by atoms with Gasteiger partial charge in [0.15, 0.2) is 5.69 Å². The van der Waals surface area contributed by atoms with Crippen LogP contribution in [0.2, 0.25) is 0 Å². The van der Waals surface area contributed by atoms with Crippen LogP contribution in [0.1, 0.15) is 71.2 Å². The summed E-state index contributed by atoms with van der Waals surface area (Å²) in [5.41, 5.74) is 6.38. The molecule has 1 aromatic heterocycles. The van der Waals surface area contributed by atoms with Crippen molar-refractivity contribution < 1.29 is 9.53 Å². The molecule has 1 heterocycles. The van der Waals surface area contributed by atoms with Crippen molar-refractivity contribution in [1.29, 1.82) is 0 Å². The van der Waals surface area contributed by atoms with E-state index in [1.165, 1.54) is 0 Å². The number of esters is 1. The summed E-state index contributed by atoms with van der Waals surface area (Å²) in [5, 5.41) is 0. The van der Waals surface area contributed by atoms with Crippen molar-refractivity contribution in [3.63, 3.8) is 0 Å². The predicted octanol–water partition coefficient (Wildman–Crippen LogP) is 3.38. The zero-order valence-corrected chi connectivity index (χ0v) is 14.4. The third-order valence-corrected chi connectivity index (χ3v) is 3.34. The third kappa shape index (κ3) is 3.99. The van der Waals surface area contributed by atoms with E-state index in [1.54, 1.807) is 6.92 Å². The van der Waals surface area contributed by atoms with Gasteiger partial charge in [0, 0.05) is 12.0 Å². The van der Waals surface area contributed by atoms with Crippen LogP contribution in [-0.4, -0.2) is 22.1 Å². The summed E-state index contributed by atoms with van der Waals surface area (Å²) < 4.78 is 7.03. The molecule has 21 heavy (non-hydrogen) atoms. The van der Waals surface area contributed by atoms with Crippen molar-refractivity contribution in [2.75, 3.05) is 12.3 Å². The van der Waals surface area contributed by atoms with Gasteiger partial charge in [-0.05, 0) is 32.6 Å². The van der Waals surface area contributed by atoms with Crippen LogP contribution in [0.25, 0.3) is 0 Å². The van der Waals surface area contributed by atoms with Gasteiger partial charge in [-0.15, -0.1) is 0 Å². The molecule has 0 aromatic carbocycles. The fourth-order valence-electron chi connectivity index (χ4n) is 3.12. The number of anilines is 1. The molecule has 0 spiro atoms. The van der Waals surface area contributed by atoms with Crippen molar-refractivity contribution in [2.45, 2.75) is 66.8 Å². The second kappa shape index (κ2) is 6.08. The summed E-state index contributed by atoms with van der Waals surface area (Å²) in [6, 6.07) is 0. The van der Waals surface area contributed by atoms with Gasteiger partial charge in [0.1, 0.15) is 11.6 Å². The number of carbonyl (C=O) groups excluding carboxylic acids is 1. The number of hydrogen-bond acceptors (Lipinski definition) is 4. The molecule has 0 amide bonds. The first-order valence-electron chi connectivity index (χ1n) is 7.58. The maximum atomic E-state index is 12.0. The molecule has 1 aromatic rings. The van der Waals surface area contributed by atoms with Gasteiger partial charge in [0.2, 0.25) is 0 Å². The first kappa shape index (κ1) is 17.5. The fraction of sp³-hybridized carbons (Fsp3) is 0.750. The van der Waals surface area contributed by atoms with Gasteiger partial charge in [0.25, 0.3) is 0 Å². The Balaban J connectivity index is 3.32. The Labute approximate surface area is 127 Å². The second-order valence-electron chi connectivity index (χ2n) is 7.22. The van der Waals surface area contributed by atoms with E-state index >= 15 is 0 Å². The predicted molar refractivity (Wildman–Crippen MR) is 85.4 cm³/mol. The number of rotatable bonds is 5. The maximum absolute atomic E-state index is 12.0. The van der Waals surface area contributed by atoms with E-state index in [9.17, 15) is 4.79 Å². The zero-order valence-electron chi connectivity index (χ0n) is 14.4. The minimum Gasteiger partial charge on any atom is -0.461 e. The van der Waals surface area contributed by atoms with Crippen molar-refractivity contribution in [3.8, 4) is 0 Å². The molecular weight excluding hydrogens is 266 g/mol. The van der Waals surface area contributed by atoms with Gasteiger partial charge >= 0.3 is 5.97 Å². The average Bonchev–Trinajstić information content (AvgIpc) is 2.64. The number of aryl methyl sites for hydroxylation is 1. The van der Waals surface area contributed by atoms with Gasteiger partial charge in [-0.1, -0.05) is 27.7 Å². The zero-order chi connectivity index (χ0) is 16.4. The highest BCUT2D eigenvalue weighted by Crippen LogP contribution is 2.36. The molecular formula is C16H29N3O2. The molecule has 0 aliphatic heterocycles. The average molecular weight is 295 g/mol. The monoisotopic (exact) mass is 295 g/mol. The SMILES string of the molecule is CCOC(=O)c1nc(CC)n(C(C)(C)CC(C)(C)C)c1N. The molecule has 0 bridgehead atoms. The molecule has 0 saturated carbocycles. The van der Waals surface area contributed by atoms with Crippen LogP contribution in [-0.2, 0) is 16.7 Å². The number of nitrogens with two attached hydrogens (primary N) is 1. The molecule has 0 saturated heterocycles. The normalized spacial score (nSPS) is 12.5. The highest BCUT2D eigenvalue weighted by atomic mass is 16.5. The highest BCUT2D eigenvalue weighted by Gasteiger charge is 2.33. The molecule has 0 fully saturated rings. The number of carbonyl (C=O) groups is 1. The smallest absolute Gasteiger partial charge is 0.360 e. The number of aromatic nitrogens is 2. The molecule has 0 aliphatic rings. The Morgan fingerprint density at radius 3 is 2.24 bits per heavy atom. The molecule has 5 nitrogen and oxygen atoms in total. The standard InChI is InChI=1S/C16H29N3O2/c1-8-11-18-12(14(20)21-9-2)13(17)19(11)16(6,7)10-15(3,4)5/h8-10,17H2,1-7H3. The number of ether oxygens (including phenoxy) is 1. The number of nitrogens with zero attached hydrogens (tertiary/aromatic N) is 2. The fourth-order valence-corrected chi connectivity index (χ4v) is 3.12. The van der Waals surface area contributed by atoms with Crippen LogP contribution in [0.15, 0.2) is 0 Å². The van der Waals surface area contributed by atoms with E-state index < -0.39 is 5.97 Å². The Bertz CT molecular complexity index is 510. The van der Waals surface area contributed by atoms with Crippen LogP contribution >= 0.6 is 0 Å². The summed E-state index contributed by atoms with van der Waals surface area (Å²) in [6.45, 7) is 14.9. The van der Waals surface area contributed by atoms with E-state index in [0.29, 0.717) is 12.4 Å². The molecule has 0 aliphatic carbocycles. The van der Waals surface area contributed by atoms with Gasteiger partial charge in [-0.25, -0.2) is 9.78 Å². The number of nitrogen functional groups attached to an aromatic ring is 1. The number of imidazole rings is 1. The highest BCUT2D eigenvalue weighted by molar-refractivity contribution is 5.92. The van der Waals surface area contributed by atoms with Crippen molar-refractivity contribution in [1.82, 2.24) is 9.55 Å². The van der Waals surface area contributed by atoms with Crippen LogP contribution in [0.4, 0.5) is 5.82 Å². The van der Waals surface area contributed by atoms with Crippen LogP contribution in [0.3, 0.4) is 0 Å². The molecule has 120 valence electrons. The van der Waals surface area contributed by atoms with E-state index in [0.717, 1.165) is 18.7 Å². The van der Waals surface area contributed by atoms with Crippen LogP contribution in [0, 0.1) is 5.41 Å². The Hall–Kier alpha value is -1.52. The van der Waals surface area contributed by atoms with E-state index in [1.807, 2.05) is 11.5 Å². The minimum atomic E-state index is -0.449. The van der Waals surface area contributed by atoms with E-state index in [-0.39, 0.29) is 16.6 Å². The third-order valence-electron chi connectivity index (χ3n) is 3.34. The number of hydrogen-bond donors (Lipinski definition) is 1. The van der Waals surface area contributed by atoms with E-state index in [2.05, 4.69) is 39.6 Å². The Morgan fingerprint density at radius 1 is 1.24 bits per heavy atom. The summed E-state index contributed by atoms with van der Waals surface area (Å²) in [7, 11) is 0. The molecule has 0 unspecified atom stereocenters. The topological polar surface area (TPSA) is 70.1 Å².